The summed E-state index contributed by atoms with van der Waals surface area (Å²) in [4.78, 5) is 14.3. The largest absolute Gasteiger partial charge is 0.504 e. The van der Waals surface area contributed by atoms with Gasteiger partial charge in [0.2, 0.25) is 0 Å². The van der Waals surface area contributed by atoms with Gasteiger partial charge in [-0.1, -0.05) is 76.8 Å². The number of carbonyl (C=O) groups excluding carboxylic acids is 1. The maximum absolute atomic E-state index is 13.1. The molecule has 3 aromatic carbocycles. The van der Waals surface area contributed by atoms with Crippen LogP contribution >= 0.6 is 0 Å². The van der Waals surface area contributed by atoms with E-state index >= 15 is 0 Å². The third-order valence-corrected chi connectivity index (χ3v) is 7.72. The zero-order valence-corrected chi connectivity index (χ0v) is 27.4. The lowest BCUT2D eigenvalue weighted by atomic mass is 9.87. The first-order valence-electron chi connectivity index (χ1n) is 16.0. The summed E-state index contributed by atoms with van der Waals surface area (Å²) in [5.41, 5.74) is 3.97. The molecule has 3 rings (SSSR count). The van der Waals surface area contributed by atoms with Gasteiger partial charge in [-0.15, -0.1) is 0 Å². The van der Waals surface area contributed by atoms with Crippen LogP contribution in [0.1, 0.15) is 101 Å². The van der Waals surface area contributed by atoms with Crippen molar-refractivity contribution >= 4 is 5.97 Å². The zero-order valence-electron chi connectivity index (χ0n) is 27.4. The van der Waals surface area contributed by atoms with Crippen LogP contribution in [0.2, 0.25) is 0 Å². The van der Waals surface area contributed by atoms with Gasteiger partial charge in [0.15, 0.2) is 11.5 Å². The van der Waals surface area contributed by atoms with Gasteiger partial charge in [0.25, 0.3) is 0 Å². The van der Waals surface area contributed by atoms with E-state index in [1.54, 1.807) is 0 Å². The smallest absolute Gasteiger partial charge is 0.323 e. The summed E-state index contributed by atoms with van der Waals surface area (Å²) in [6.07, 6.45) is 7.44. The van der Waals surface area contributed by atoms with Gasteiger partial charge >= 0.3 is 5.97 Å². The van der Waals surface area contributed by atoms with E-state index in [9.17, 15) is 18.7 Å². The van der Waals surface area contributed by atoms with Gasteiger partial charge in [-0.25, -0.2) is 8.78 Å². The number of ether oxygens (including phenoxy) is 2. The number of nitrogens with zero attached hydrogens (tertiary/aromatic N) is 1. The highest BCUT2D eigenvalue weighted by molar-refractivity contribution is 5.75. The Morgan fingerprint density at radius 3 is 1.93 bits per heavy atom. The molecule has 0 aromatic heterocycles. The summed E-state index contributed by atoms with van der Waals surface area (Å²) in [5.74, 6) is 0.218. The number of hydrogen-bond donors (Lipinski definition) is 1. The number of aryl methyl sites for hydroxylation is 1. The Kier molecular flexibility index (Phi) is 16.5. The van der Waals surface area contributed by atoms with E-state index in [-0.39, 0.29) is 35.3 Å². The third kappa shape index (κ3) is 11.6. The Morgan fingerprint density at radius 2 is 1.45 bits per heavy atom. The van der Waals surface area contributed by atoms with Crippen LogP contribution in [0, 0.1) is 18.6 Å². The number of carbonyl (C=O) groups is 1. The summed E-state index contributed by atoms with van der Waals surface area (Å²) in [6, 6.07) is 16.8. The van der Waals surface area contributed by atoms with Crippen molar-refractivity contribution in [2.75, 3.05) is 20.3 Å². The molecule has 1 unspecified atom stereocenters. The predicted octanol–water partition coefficient (Wildman–Crippen LogP) is 9.33. The van der Waals surface area contributed by atoms with Crippen LogP contribution in [-0.4, -0.2) is 42.3 Å². The van der Waals surface area contributed by atoms with Gasteiger partial charge in [-0.3, -0.25) is 9.69 Å². The van der Waals surface area contributed by atoms with Crippen molar-refractivity contribution in [2.45, 2.75) is 98.1 Å². The molecule has 242 valence electrons. The number of hydrogen-bond acceptors (Lipinski definition) is 5. The molecular formula is C37H51F2NO4. The molecule has 44 heavy (non-hydrogen) atoms. The average molecular weight is 612 g/mol. The molecule has 0 aliphatic carbocycles. The highest BCUT2D eigenvalue weighted by atomic mass is 19.1. The predicted molar refractivity (Wildman–Crippen MR) is 174 cm³/mol. The molecule has 0 radical (unpaired) electrons. The van der Waals surface area contributed by atoms with Gasteiger partial charge in [0.05, 0.1) is 13.7 Å². The summed E-state index contributed by atoms with van der Waals surface area (Å²) < 4.78 is 36.6. The molecular weight excluding hydrogens is 560 g/mol. The second kappa shape index (κ2) is 19.8. The number of phenols is 1. The molecule has 0 aliphatic rings. The van der Waals surface area contributed by atoms with Gasteiger partial charge in [0.1, 0.15) is 17.7 Å². The van der Waals surface area contributed by atoms with Gasteiger partial charge in [-0.2, -0.15) is 0 Å². The van der Waals surface area contributed by atoms with Crippen LogP contribution in [-0.2, 0) is 16.1 Å². The van der Waals surface area contributed by atoms with Crippen LogP contribution in [0.3, 0.4) is 0 Å². The van der Waals surface area contributed by atoms with E-state index in [2.05, 4.69) is 18.7 Å². The summed E-state index contributed by atoms with van der Waals surface area (Å²) >= 11 is 0. The number of rotatable bonds is 16. The second-order valence-corrected chi connectivity index (χ2v) is 11.1. The number of phenolic OH excluding ortho intramolecular Hbond substituents is 1. The third-order valence-electron chi connectivity index (χ3n) is 7.72. The Hall–Kier alpha value is -3.45. The number of benzene rings is 3. The van der Waals surface area contributed by atoms with E-state index in [0.717, 1.165) is 48.1 Å². The van der Waals surface area contributed by atoms with E-state index in [0.29, 0.717) is 25.3 Å². The quantitative estimate of drug-likeness (QED) is 0.129. The molecule has 7 heteroatoms. The van der Waals surface area contributed by atoms with E-state index in [1.807, 2.05) is 57.2 Å². The fraction of sp³-hybridized carbons (Fsp3) is 0.486. The van der Waals surface area contributed by atoms with Crippen molar-refractivity contribution in [3.8, 4) is 11.5 Å². The molecule has 1 atom stereocenters. The first kappa shape index (κ1) is 36.7. The molecule has 1 N–H and O–H groups in total. The molecule has 0 saturated carbocycles. The molecule has 0 amide bonds. The van der Waals surface area contributed by atoms with Crippen molar-refractivity contribution in [1.29, 1.82) is 0 Å². The molecule has 0 heterocycles. The number of unbranched alkanes of at least 4 members (excludes halogenated alkanes) is 3. The molecule has 0 bridgehead atoms. The standard InChI is InChI=1S/C19H22F2.C18H29NO4/c1-2-3-4-5-6-19(15-7-11-17(20)12-8-15)16-9-13-18(21)14-10-16;1-6-9-19(15(7-2)18(21)23-8-3)12-14-10-13(4)17(20)16(11-14)22-5/h7-14,19H,2-6H2,1H3;10-11,15,20H,6-9,12H2,1-5H3. The minimum atomic E-state index is -0.255. The van der Waals surface area contributed by atoms with Crippen LogP contribution < -0.4 is 4.74 Å². The maximum atomic E-state index is 13.1. The highest BCUT2D eigenvalue weighted by Crippen LogP contribution is 2.32. The lowest BCUT2D eigenvalue weighted by Gasteiger charge is -2.29. The number of esters is 1. The lowest BCUT2D eigenvalue weighted by Crippen LogP contribution is -2.41. The molecule has 0 saturated heterocycles. The fourth-order valence-corrected chi connectivity index (χ4v) is 5.44. The Labute approximate surface area is 263 Å². The number of aromatic hydroxyl groups is 1. The van der Waals surface area contributed by atoms with Gasteiger partial charge in [-0.05, 0) is 92.2 Å². The minimum Gasteiger partial charge on any atom is -0.504 e. The van der Waals surface area contributed by atoms with Crippen molar-refractivity contribution in [1.82, 2.24) is 4.90 Å². The number of halogens is 2. The molecule has 0 fully saturated rings. The monoisotopic (exact) mass is 611 g/mol. The molecule has 0 spiro atoms. The topological polar surface area (TPSA) is 59.0 Å². The van der Waals surface area contributed by atoms with Crippen LogP contribution in [0.25, 0.3) is 0 Å². The molecule has 0 aliphatic heterocycles. The zero-order chi connectivity index (χ0) is 32.5. The Bertz CT molecular complexity index is 1200. The SMILES string of the molecule is CCCCCCC(c1ccc(F)cc1)c1ccc(F)cc1.CCCN(Cc1cc(C)c(O)c(OC)c1)C(CC)C(=O)OCC. The van der Waals surface area contributed by atoms with Crippen LogP contribution in [0.4, 0.5) is 8.78 Å². The fourth-order valence-electron chi connectivity index (χ4n) is 5.44. The van der Waals surface area contributed by atoms with Crippen LogP contribution in [0.5, 0.6) is 11.5 Å². The first-order chi connectivity index (χ1) is 21.2. The first-order valence-corrected chi connectivity index (χ1v) is 16.0. The normalized spacial score (nSPS) is 11.7. The molecule has 3 aromatic rings. The summed E-state index contributed by atoms with van der Waals surface area (Å²) in [5, 5.41) is 9.96. The van der Waals surface area contributed by atoms with Crippen molar-refractivity contribution in [2.24, 2.45) is 0 Å². The Morgan fingerprint density at radius 1 is 0.864 bits per heavy atom. The van der Waals surface area contributed by atoms with Gasteiger partial charge < -0.3 is 14.6 Å². The maximum Gasteiger partial charge on any atom is 0.323 e. The number of methoxy groups -OCH3 is 1. The van der Waals surface area contributed by atoms with E-state index < -0.39 is 0 Å². The van der Waals surface area contributed by atoms with Crippen molar-refractivity contribution in [3.05, 3.63) is 94.6 Å². The van der Waals surface area contributed by atoms with Crippen LogP contribution in [0.15, 0.2) is 60.7 Å². The Balaban J connectivity index is 0.000000308. The second-order valence-electron chi connectivity index (χ2n) is 11.1. The minimum absolute atomic E-state index is 0.163. The van der Waals surface area contributed by atoms with Gasteiger partial charge in [0, 0.05) is 12.5 Å². The van der Waals surface area contributed by atoms with Crippen molar-refractivity contribution < 1.29 is 28.2 Å². The average Bonchev–Trinajstić information content (AvgIpc) is 3.01. The van der Waals surface area contributed by atoms with Crippen molar-refractivity contribution in [3.63, 3.8) is 0 Å². The molecule has 5 nitrogen and oxygen atoms in total. The summed E-state index contributed by atoms with van der Waals surface area (Å²) in [6.45, 7) is 11.7. The van der Waals surface area contributed by atoms with E-state index in [1.165, 1.54) is 50.6 Å². The highest BCUT2D eigenvalue weighted by Gasteiger charge is 2.25. The van der Waals surface area contributed by atoms with E-state index in [4.69, 9.17) is 9.47 Å². The lowest BCUT2D eigenvalue weighted by molar-refractivity contribution is -0.150. The summed E-state index contributed by atoms with van der Waals surface area (Å²) in [7, 11) is 1.54.